The van der Waals surface area contributed by atoms with Crippen molar-refractivity contribution in [3.8, 4) is 11.5 Å². The fourth-order valence-electron chi connectivity index (χ4n) is 1.59. The second kappa shape index (κ2) is 7.55. The van der Waals surface area contributed by atoms with Crippen LogP contribution in [0.25, 0.3) is 0 Å². The predicted molar refractivity (Wildman–Crippen MR) is 69.4 cm³/mol. The summed E-state index contributed by atoms with van der Waals surface area (Å²) >= 11 is 0. The molecule has 18 heavy (non-hydrogen) atoms. The minimum absolute atomic E-state index is 0.135. The van der Waals surface area contributed by atoms with Gasteiger partial charge in [-0.15, -0.1) is 0 Å². The summed E-state index contributed by atoms with van der Waals surface area (Å²) in [4.78, 5) is 11.2. The molecule has 0 bridgehead atoms. The number of phenols is 1. The normalized spacial score (nSPS) is 10.1. The van der Waals surface area contributed by atoms with Crippen LogP contribution in [-0.2, 0) is 0 Å². The lowest BCUT2D eigenvalue weighted by atomic mass is 10.2. The average molecular weight is 252 g/mol. The molecule has 0 aromatic heterocycles. The Morgan fingerprint density at radius 1 is 1.39 bits per heavy atom. The molecule has 0 atom stereocenters. The number of carbonyl (C=O) groups excluding carboxylic acids is 1. The van der Waals surface area contributed by atoms with E-state index in [0.717, 1.165) is 12.8 Å². The fourth-order valence-corrected chi connectivity index (χ4v) is 1.59. The van der Waals surface area contributed by atoms with Gasteiger partial charge in [0.1, 0.15) is 11.5 Å². The lowest BCUT2D eigenvalue weighted by Gasteiger charge is -2.08. The van der Waals surface area contributed by atoms with Crippen molar-refractivity contribution in [3.05, 3.63) is 23.8 Å². The monoisotopic (exact) mass is 252 g/mol. The number of nitrogens with two attached hydrogens (primary N) is 1. The molecule has 1 rings (SSSR count). The van der Waals surface area contributed by atoms with E-state index in [0.29, 0.717) is 12.4 Å². The van der Waals surface area contributed by atoms with Crippen molar-refractivity contribution in [3.63, 3.8) is 0 Å². The van der Waals surface area contributed by atoms with E-state index in [1.165, 1.54) is 25.0 Å². The number of ether oxygens (including phenoxy) is 1. The molecule has 0 saturated heterocycles. The highest BCUT2D eigenvalue weighted by atomic mass is 16.5. The Balaban J connectivity index is 2.49. The highest BCUT2D eigenvalue weighted by Crippen LogP contribution is 2.23. The molecule has 5 nitrogen and oxygen atoms in total. The maximum Gasteiger partial charge on any atom is 0.268 e. The zero-order valence-corrected chi connectivity index (χ0v) is 10.6. The summed E-state index contributed by atoms with van der Waals surface area (Å²) in [5, 5.41) is 9.64. The first-order valence-electron chi connectivity index (χ1n) is 6.15. The van der Waals surface area contributed by atoms with Crippen molar-refractivity contribution in [1.29, 1.82) is 0 Å². The lowest BCUT2D eigenvalue weighted by Crippen LogP contribution is -2.29. The molecule has 100 valence electrons. The first-order chi connectivity index (χ1) is 8.69. The number of hydrogen-bond donors (Lipinski definition) is 3. The number of benzene rings is 1. The van der Waals surface area contributed by atoms with Gasteiger partial charge >= 0.3 is 0 Å². The second-order valence-corrected chi connectivity index (χ2v) is 4.06. The van der Waals surface area contributed by atoms with Crippen molar-refractivity contribution in [2.75, 3.05) is 6.61 Å². The third-order valence-electron chi connectivity index (χ3n) is 2.61. The number of hydrogen-bond acceptors (Lipinski definition) is 4. The van der Waals surface area contributed by atoms with Gasteiger partial charge in [-0.25, -0.2) is 5.84 Å². The van der Waals surface area contributed by atoms with Gasteiger partial charge in [-0.3, -0.25) is 10.2 Å². The predicted octanol–water partition coefficient (Wildman–Crippen LogP) is 1.95. The van der Waals surface area contributed by atoms with Crippen LogP contribution >= 0.6 is 0 Å². The highest BCUT2D eigenvalue weighted by molar-refractivity contribution is 5.96. The first-order valence-corrected chi connectivity index (χ1v) is 6.15. The molecule has 0 aliphatic heterocycles. The maximum atomic E-state index is 11.2. The van der Waals surface area contributed by atoms with E-state index in [1.807, 2.05) is 5.43 Å². The standard InChI is InChI=1S/C13H20N2O3/c1-2-3-4-5-8-18-10-6-7-11(12(16)9-10)13(17)15-14/h6-7,9,16H,2-5,8,14H2,1H3,(H,15,17). The van der Waals surface area contributed by atoms with Gasteiger partial charge in [-0.2, -0.15) is 0 Å². The zero-order valence-electron chi connectivity index (χ0n) is 10.6. The van der Waals surface area contributed by atoms with Crippen LogP contribution in [0.5, 0.6) is 11.5 Å². The Bertz CT molecular complexity index is 394. The van der Waals surface area contributed by atoms with Gasteiger partial charge in [0, 0.05) is 6.07 Å². The summed E-state index contributed by atoms with van der Waals surface area (Å²) in [6.45, 7) is 2.77. The van der Waals surface area contributed by atoms with Crippen LogP contribution in [0.4, 0.5) is 0 Å². The molecular formula is C13H20N2O3. The zero-order chi connectivity index (χ0) is 13.4. The summed E-state index contributed by atoms with van der Waals surface area (Å²) in [6.07, 6.45) is 4.50. The molecule has 0 heterocycles. The third-order valence-corrected chi connectivity index (χ3v) is 2.61. The van der Waals surface area contributed by atoms with Gasteiger partial charge in [-0.1, -0.05) is 26.2 Å². The van der Waals surface area contributed by atoms with Crippen molar-refractivity contribution >= 4 is 5.91 Å². The van der Waals surface area contributed by atoms with Crippen LogP contribution in [0.2, 0.25) is 0 Å². The van der Waals surface area contributed by atoms with E-state index in [4.69, 9.17) is 10.6 Å². The summed E-state index contributed by atoms with van der Waals surface area (Å²) in [7, 11) is 0. The van der Waals surface area contributed by atoms with Crippen molar-refractivity contribution in [1.82, 2.24) is 5.43 Å². The average Bonchev–Trinajstić information content (AvgIpc) is 2.38. The van der Waals surface area contributed by atoms with E-state index in [1.54, 1.807) is 6.07 Å². The number of phenolic OH excluding ortho intramolecular Hbond substituents is 1. The molecule has 1 aromatic rings. The Morgan fingerprint density at radius 3 is 2.78 bits per heavy atom. The van der Waals surface area contributed by atoms with Crippen LogP contribution in [0.1, 0.15) is 43.0 Å². The van der Waals surface area contributed by atoms with Crippen molar-refractivity contribution in [2.45, 2.75) is 32.6 Å². The topological polar surface area (TPSA) is 84.6 Å². The summed E-state index contributed by atoms with van der Waals surface area (Å²) in [6, 6.07) is 4.55. The smallest absolute Gasteiger partial charge is 0.268 e. The molecule has 5 heteroatoms. The molecule has 0 saturated carbocycles. The molecule has 0 aliphatic rings. The number of nitrogens with one attached hydrogen (secondary N) is 1. The Morgan fingerprint density at radius 2 is 2.17 bits per heavy atom. The highest BCUT2D eigenvalue weighted by Gasteiger charge is 2.10. The molecule has 0 fully saturated rings. The lowest BCUT2D eigenvalue weighted by molar-refractivity contribution is 0.0951. The van der Waals surface area contributed by atoms with E-state index in [2.05, 4.69) is 6.92 Å². The van der Waals surface area contributed by atoms with Crippen LogP contribution in [0.3, 0.4) is 0 Å². The molecule has 1 aromatic carbocycles. The molecule has 0 unspecified atom stereocenters. The molecular weight excluding hydrogens is 232 g/mol. The summed E-state index contributed by atoms with van der Waals surface area (Å²) in [5.74, 6) is 4.89. The molecule has 0 aliphatic carbocycles. The molecule has 0 radical (unpaired) electrons. The molecule has 0 spiro atoms. The fraction of sp³-hybridized carbons (Fsp3) is 0.462. The SMILES string of the molecule is CCCCCCOc1ccc(C(=O)NN)c(O)c1. The number of aromatic hydroxyl groups is 1. The summed E-state index contributed by atoms with van der Waals surface area (Å²) in [5.41, 5.74) is 2.10. The van der Waals surface area contributed by atoms with Crippen LogP contribution in [0.15, 0.2) is 18.2 Å². The van der Waals surface area contributed by atoms with E-state index in [-0.39, 0.29) is 11.3 Å². The Hall–Kier alpha value is -1.75. The summed E-state index contributed by atoms with van der Waals surface area (Å²) < 4.78 is 5.48. The van der Waals surface area contributed by atoms with Crippen molar-refractivity contribution in [2.24, 2.45) is 5.84 Å². The number of nitrogen functional groups attached to an aromatic ring is 1. The Kier molecular flexibility index (Phi) is 6.00. The van der Waals surface area contributed by atoms with Gasteiger partial charge in [0.15, 0.2) is 0 Å². The first kappa shape index (κ1) is 14.3. The molecule has 1 amide bonds. The van der Waals surface area contributed by atoms with Gasteiger partial charge in [0.2, 0.25) is 0 Å². The number of amides is 1. The number of hydrazine groups is 1. The maximum absolute atomic E-state index is 11.2. The quantitative estimate of drug-likeness (QED) is 0.300. The van der Waals surface area contributed by atoms with E-state index < -0.39 is 5.91 Å². The van der Waals surface area contributed by atoms with Gasteiger partial charge in [0.05, 0.1) is 12.2 Å². The minimum atomic E-state index is -0.526. The molecule has 4 N–H and O–H groups in total. The largest absolute Gasteiger partial charge is 0.507 e. The number of rotatable bonds is 7. The number of unbranched alkanes of at least 4 members (excludes halogenated alkanes) is 3. The third kappa shape index (κ3) is 4.25. The van der Waals surface area contributed by atoms with Gasteiger partial charge < -0.3 is 9.84 Å². The van der Waals surface area contributed by atoms with Gasteiger partial charge in [-0.05, 0) is 18.6 Å². The number of carbonyl (C=O) groups is 1. The van der Waals surface area contributed by atoms with E-state index >= 15 is 0 Å². The van der Waals surface area contributed by atoms with E-state index in [9.17, 15) is 9.90 Å². The van der Waals surface area contributed by atoms with Crippen molar-refractivity contribution < 1.29 is 14.6 Å². The van der Waals surface area contributed by atoms with Crippen LogP contribution < -0.4 is 16.0 Å². The van der Waals surface area contributed by atoms with Crippen LogP contribution in [0, 0.1) is 0 Å². The Labute approximate surface area is 107 Å². The second-order valence-electron chi connectivity index (χ2n) is 4.06. The minimum Gasteiger partial charge on any atom is -0.507 e. The van der Waals surface area contributed by atoms with Gasteiger partial charge in [0.25, 0.3) is 5.91 Å². The van der Waals surface area contributed by atoms with Crippen LogP contribution in [-0.4, -0.2) is 17.6 Å².